The topological polar surface area (TPSA) is 64.1 Å². The van der Waals surface area contributed by atoms with E-state index in [2.05, 4.69) is 15.5 Å². The monoisotopic (exact) mass is 273 g/mol. The summed E-state index contributed by atoms with van der Waals surface area (Å²) in [6.07, 6.45) is -1.80. The first kappa shape index (κ1) is 12.2. The number of furan rings is 1. The van der Waals surface area contributed by atoms with Gasteiger partial charge in [-0.3, -0.25) is 0 Å². The predicted octanol–water partition coefficient (Wildman–Crippen LogP) is 2.12. The van der Waals surface area contributed by atoms with Crippen molar-refractivity contribution in [2.24, 2.45) is 0 Å². The second-order valence-electron chi connectivity index (χ2n) is 4.44. The van der Waals surface area contributed by atoms with E-state index in [9.17, 15) is 13.2 Å². The molecule has 2 aromatic heterocycles. The number of hydrogen-bond donors (Lipinski definition) is 1. The van der Waals surface area contributed by atoms with Crippen LogP contribution in [-0.4, -0.2) is 29.4 Å². The highest BCUT2D eigenvalue weighted by Gasteiger charge is 2.61. The van der Waals surface area contributed by atoms with E-state index in [1.54, 1.807) is 6.07 Å². The standard InChI is InChI=1S/C11H10F3N3O2/c12-11(13,14)10(2-3-15-6-10)9-16-8(17-19-9)7-1-4-18-5-7/h1,4-5,15H,2-3,6H2. The summed E-state index contributed by atoms with van der Waals surface area (Å²) < 4.78 is 49.5. The summed E-state index contributed by atoms with van der Waals surface area (Å²) in [6.45, 7) is 0.0203. The molecule has 8 heteroatoms. The van der Waals surface area contributed by atoms with Gasteiger partial charge in [0.2, 0.25) is 11.7 Å². The minimum absolute atomic E-state index is 0.0966. The summed E-state index contributed by atoms with van der Waals surface area (Å²) in [5.41, 5.74) is -1.61. The van der Waals surface area contributed by atoms with E-state index in [1.807, 2.05) is 0 Å². The van der Waals surface area contributed by atoms with Gasteiger partial charge in [-0.15, -0.1) is 0 Å². The Morgan fingerprint density at radius 2 is 2.21 bits per heavy atom. The van der Waals surface area contributed by atoms with Crippen LogP contribution >= 0.6 is 0 Å². The lowest BCUT2D eigenvalue weighted by atomic mass is 9.86. The molecule has 1 atom stereocenters. The van der Waals surface area contributed by atoms with Gasteiger partial charge in [0.05, 0.1) is 11.8 Å². The fraction of sp³-hybridized carbons (Fsp3) is 0.455. The number of nitrogens with one attached hydrogen (secondary N) is 1. The van der Waals surface area contributed by atoms with E-state index in [4.69, 9.17) is 8.94 Å². The van der Waals surface area contributed by atoms with Crippen molar-refractivity contribution in [3.05, 3.63) is 24.5 Å². The van der Waals surface area contributed by atoms with Crippen molar-refractivity contribution in [1.82, 2.24) is 15.5 Å². The summed E-state index contributed by atoms with van der Waals surface area (Å²) in [4.78, 5) is 3.88. The van der Waals surface area contributed by atoms with E-state index >= 15 is 0 Å². The first-order valence-corrected chi connectivity index (χ1v) is 5.67. The van der Waals surface area contributed by atoms with Crippen molar-refractivity contribution in [3.63, 3.8) is 0 Å². The molecule has 0 spiro atoms. The number of alkyl halides is 3. The second-order valence-corrected chi connectivity index (χ2v) is 4.44. The maximum Gasteiger partial charge on any atom is 0.404 e. The molecular weight excluding hydrogens is 263 g/mol. The van der Waals surface area contributed by atoms with Gasteiger partial charge in [-0.25, -0.2) is 0 Å². The van der Waals surface area contributed by atoms with Crippen LogP contribution < -0.4 is 5.32 Å². The zero-order chi connectivity index (χ0) is 13.5. The Morgan fingerprint density at radius 1 is 1.37 bits per heavy atom. The average Bonchev–Trinajstić information content (AvgIpc) is 3.10. The van der Waals surface area contributed by atoms with Gasteiger partial charge in [-0.05, 0) is 19.0 Å². The minimum Gasteiger partial charge on any atom is -0.472 e. The van der Waals surface area contributed by atoms with Gasteiger partial charge in [0, 0.05) is 6.54 Å². The summed E-state index contributed by atoms with van der Waals surface area (Å²) in [6, 6.07) is 1.56. The largest absolute Gasteiger partial charge is 0.472 e. The average molecular weight is 273 g/mol. The van der Waals surface area contributed by atoms with Crippen molar-refractivity contribution < 1.29 is 22.1 Å². The van der Waals surface area contributed by atoms with E-state index in [0.717, 1.165) is 0 Å². The molecule has 1 fully saturated rings. The van der Waals surface area contributed by atoms with Crippen LogP contribution in [0.25, 0.3) is 11.4 Å². The summed E-state index contributed by atoms with van der Waals surface area (Å²) in [5, 5.41) is 6.28. The van der Waals surface area contributed by atoms with E-state index in [-0.39, 0.29) is 25.3 Å². The molecule has 1 aliphatic rings. The van der Waals surface area contributed by atoms with Crippen molar-refractivity contribution in [2.45, 2.75) is 18.0 Å². The van der Waals surface area contributed by atoms with Crippen LogP contribution in [0.5, 0.6) is 0 Å². The highest BCUT2D eigenvalue weighted by Crippen LogP contribution is 2.44. The van der Waals surface area contributed by atoms with Gasteiger partial charge in [0.1, 0.15) is 6.26 Å². The Balaban J connectivity index is 2.01. The van der Waals surface area contributed by atoms with Gasteiger partial charge >= 0.3 is 6.18 Å². The molecular formula is C11H10F3N3O2. The number of halogens is 3. The highest BCUT2D eigenvalue weighted by molar-refractivity contribution is 5.51. The minimum atomic E-state index is -4.43. The van der Waals surface area contributed by atoms with Crippen molar-refractivity contribution in [1.29, 1.82) is 0 Å². The van der Waals surface area contributed by atoms with Crippen molar-refractivity contribution in [2.75, 3.05) is 13.1 Å². The quantitative estimate of drug-likeness (QED) is 0.908. The lowest BCUT2D eigenvalue weighted by Gasteiger charge is -2.26. The van der Waals surface area contributed by atoms with Gasteiger partial charge < -0.3 is 14.3 Å². The third kappa shape index (κ3) is 1.83. The maximum absolute atomic E-state index is 13.3. The lowest BCUT2D eigenvalue weighted by molar-refractivity contribution is -0.191. The maximum atomic E-state index is 13.3. The number of nitrogens with zero attached hydrogens (tertiary/aromatic N) is 2. The van der Waals surface area contributed by atoms with Crippen LogP contribution in [0.1, 0.15) is 12.3 Å². The molecule has 0 aliphatic carbocycles. The first-order chi connectivity index (χ1) is 9.03. The Hall–Kier alpha value is -1.83. The molecule has 5 nitrogen and oxygen atoms in total. The van der Waals surface area contributed by atoms with Crippen LogP contribution in [0.2, 0.25) is 0 Å². The summed E-state index contributed by atoms with van der Waals surface area (Å²) in [5.74, 6) is -0.305. The number of hydrogen-bond acceptors (Lipinski definition) is 5. The lowest BCUT2D eigenvalue weighted by Crippen LogP contribution is -2.44. The van der Waals surface area contributed by atoms with E-state index in [1.165, 1.54) is 12.5 Å². The Bertz CT molecular complexity index is 556. The second kappa shape index (κ2) is 4.09. The first-order valence-electron chi connectivity index (χ1n) is 5.67. The van der Waals surface area contributed by atoms with Gasteiger partial charge in [-0.1, -0.05) is 5.16 Å². The molecule has 0 aromatic carbocycles. The normalized spacial score (nSPS) is 23.9. The molecule has 0 radical (unpaired) electrons. The molecule has 0 bridgehead atoms. The molecule has 3 heterocycles. The molecule has 19 heavy (non-hydrogen) atoms. The molecule has 2 aromatic rings. The number of rotatable bonds is 2. The zero-order valence-electron chi connectivity index (χ0n) is 9.70. The van der Waals surface area contributed by atoms with Crippen molar-refractivity contribution in [3.8, 4) is 11.4 Å². The number of aromatic nitrogens is 2. The van der Waals surface area contributed by atoms with Crippen LogP contribution in [0.4, 0.5) is 13.2 Å². The van der Waals surface area contributed by atoms with E-state index < -0.39 is 17.5 Å². The van der Waals surface area contributed by atoms with Gasteiger partial charge in [0.15, 0.2) is 5.41 Å². The molecule has 0 saturated carbocycles. The Labute approximate surface area is 105 Å². The molecule has 102 valence electrons. The SMILES string of the molecule is FC(F)(F)C1(c2nc(-c3ccoc3)no2)CCNC1. The van der Waals surface area contributed by atoms with E-state index in [0.29, 0.717) is 5.56 Å². The predicted molar refractivity (Wildman–Crippen MR) is 57.2 cm³/mol. The molecule has 3 rings (SSSR count). The third-order valence-electron chi connectivity index (χ3n) is 3.31. The Morgan fingerprint density at radius 3 is 2.79 bits per heavy atom. The molecule has 0 amide bonds. The summed E-state index contributed by atoms with van der Waals surface area (Å²) >= 11 is 0. The summed E-state index contributed by atoms with van der Waals surface area (Å²) in [7, 11) is 0. The highest BCUT2D eigenvalue weighted by atomic mass is 19.4. The molecule has 1 saturated heterocycles. The van der Waals surface area contributed by atoms with Crippen LogP contribution in [0, 0.1) is 0 Å². The fourth-order valence-corrected chi connectivity index (χ4v) is 2.16. The molecule has 1 aliphatic heterocycles. The van der Waals surface area contributed by atoms with Crippen LogP contribution in [0.3, 0.4) is 0 Å². The molecule has 1 N–H and O–H groups in total. The molecule has 1 unspecified atom stereocenters. The van der Waals surface area contributed by atoms with Gasteiger partial charge in [-0.2, -0.15) is 18.2 Å². The van der Waals surface area contributed by atoms with Gasteiger partial charge in [0.25, 0.3) is 0 Å². The zero-order valence-corrected chi connectivity index (χ0v) is 9.70. The van der Waals surface area contributed by atoms with Crippen LogP contribution in [0.15, 0.2) is 27.5 Å². The Kier molecular flexibility index (Phi) is 2.63. The smallest absolute Gasteiger partial charge is 0.404 e. The van der Waals surface area contributed by atoms with Crippen molar-refractivity contribution >= 4 is 0 Å². The third-order valence-corrected chi connectivity index (χ3v) is 3.31. The fourth-order valence-electron chi connectivity index (χ4n) is 2.16. The van der Waals surface area contributed by atoms with Crippen LogP contribution in [-0.2, 0) is 5.41 Å².